The highest BCUT2D eigenvalue weighted by Gasteiger charge is 2.36. The fourth-order valence-corrected chi connectivity index (χ4v) is 4.33. The molecule has 1 aliphatic heterocycles. The van der Waals surface area contributed by atoms with Crippen LogP contribution < -0.4 is 16.2 Å². The molecule has 2 amide bonds. The number of hydrogen-bond acceptors (Lipinski definition) is 5. The van der Waals surface area contributed by atoms with Crippen LogP contribution in [0.25, 0.3) is 0 Å². The molecular formula is C24H29ClF3N5O3. The maximum absolute atomic E-state index is 13.4. The van der Waals surface area contributed by atoms with Gasteiger partial charge in [0.1, 0.15) is 0 Å². The molecule has 2 heterocycles. The number of carbonyl (C=O) groups is 2. The molecule has 36 heavy (non-hydrogen) atoms. The zero-order valence-electron chi connectivity index (χ0n) is 20.5. The maximum atomic E-state index is 13.4. The predicted molar refractivity (Wildman–Crippen MR) is 130 cm³/mol. The van der Waals surface area contributed by atoms with Crippen molar-refractivity contribution in [3.05, 3.63) is 56.0 Å². The molecule has 0 radical (unpaired) electrons. The van der Waals surface area contributed by atoms with Gasteiger partial charge in [0.25, 0.3) is 11.5 Å². The average Bonchev–Trinajstić information content (AvgIpc) is 2.79. The third-order valence-electron chi connectivity index (χ3n) is 5.96. The lowest BCUT2D eigenvalue weighted by Crippen LogP contribution is -2.46. The van der Waals surface area contributed by atoms with Crippen LogP contribution in [-0.4, -0.2) is 45.4 Å². The van der Waals surface area contributed by atoms with E-state index in [1.165, 1.54) is 15.5 Å². The molecule has 0 aliphatic carbocycles. The van der Waals surface area contributed by atoms with Gasteiger partial charge in [-0.15, -0.1) is 0 Å². The molecule has 0 unspecified atom stereocenters. The van der Waals surface area contributed by atoms with E-state index >= 15 is 0 Å². The fourth-order valence-electron chi connectivity index (χ4n) is 4.11. The summed E-state index contributed by atoms with van der Waals surface area (Å²) in [4.78, 5) is 44.2. The minimum atomic E-state index is -4.70. The Morgan fingerprint density at radius 3 is 2.58 bits per heavy atom. The molecule has 1 aromatic carbocycles. The van der Waals surface area contributed by atoms with Crippen LogP contribution in [0.1, 0.15) is 60.8 Å². The first-order chi connectivity index (χ1) is 16.8. The summed E-state index contributed by atoms with van der Waals surface area (Å²) in [6.07, 6.45) is -3.81. The molecule has 2 N–H and O–H groups in total. The first-order valence-corrected chi connectivity index (χ1v) is 12.0. The van der Waals surface area contributed by atoms with Crippen molar-refractivity contribution in [1.82, 2.24) is 19.8 Å². The van der Waals surface area contributed by atoms with Crippen LogP contribution in [0.3, 0.4) is 0 Å². The largest absolute Gasteiger partial charge is 0.417 e. The summed E-state index contributed by atoms with van der Waals surface area (Å²) in [6, 6.07) is 2.56. The number of hydrogen-bond donors (Lipinski definition) is 2. The number of alkyl halides is 3. The van der Waals surface area contributed by atoms with Gasteiger partial charge in [0, 0.05) is 43.2 Å². The van der Waals surface area contributed by atoms with E-state index in [1.54, 1.807) is 14.0 Å². The lowest BCUT2D eigenvalue weighted by atomic mass is 9.98. The molecule has 1 aliphatic rings. The Morgan fingerprint density at radius 2 is 1.97 bits per heavy atom. The van der Waals surface area contributed by atoms with E-state index in [9.17, 15) is 27.6 Å². The summed E-state index contributed by atoms with van der Waals surface area (Å²) in [5.41, 5.74) is -0.647. The molecule has 196 valence electrons. The molecule has 0 saturated heterocycles. The summed E-state index contributed by atoms with van der Waals surface area (Å²) in [5.74, 6) is -0.422. The average molecular weight is 528 g/mol. The number of benzene rings is 1. The van der Waals surface area contributed by atoms with Gasteiger partial charge in [-0.1, -0.05) is 11.6 Å². The molecule has 1 atom stereocenters. The number of anilines is 1. The Labute approximate surface area is 211 Å². The Hall–Kier alpha value is -3.08. The van der Waals surface area contributed by atoms with Gasteiger partial charge in [0.05, 0.1) is 22.8 Å². The van der Waals surface area contributed by atoms with Crippen molar-refractivity contribution in [2.75, 3.05) is 12.4 Å². The second-order valence-electron chi connectivity index (χ2n) is 9.07. The highest BCUT2D eigenvalue weighted by Crippen LogP contribution is 2.35. The quantitative estimate of drug-likeness (QED) is 0.570. The van der Waals surface area contributed by atoms with E-state index in [0.717, 1.165) is 12.1 Å². The number of rotatable bonds is 7. The van der Waals surface area contributed by atoms with E-state index in [0.29, 0.717) is 23.6 Å². The highest BCUT2D eigenvalue weighted by molar-refractivity contribution is 6.31. The maximum Gasteiger partial charge on any atom is 0.417 e. The normalized spacial score (nSPS) is 15.6. The van der Waals surface area contributed by atoms with Crippen molar-refractivity contribution in [2.45, 2.75) is 71.4 Å². The minimum Gasteiger partial charge on any atom is -0.359 e. The first kappa shape index (κ1) is 27.5. The molecule has 12 heteroatoms. The van der Waals surface area contributed by atoms with Crippen molar-refractivity contribution in [3.8, 4) is 0 Å². The molecule has 1 aromatic heterocycles. The molecule has 3 rings (SSSR count). The Kier molecular flexibility index (Phi) is 8.33. The number of nitrogens with zero attached hydrogens (tertiary/aromatic N) is 3. The zero-order valence-corrected chi connectivity index (χ0v) is 21.3. The summed E-state index contributed by atoms with van der Waals surface area (Å²) in [5, 5.41) is 5.20. The van der Waals surface area contributed by atoms with Crippen molar-refractivity contribution >= 4 is 29.4 Å². The number of carbonyl (C=O) groups excluding carboxylic acids is 2. The molecule has 8 nitrogen and oxygen atoms in total. The molecule has 0 spiro atoms. The van der Waals surface area contributed by atoms with Gasteiger partial charge in [0.2, 0.25) is 11.9 Å². The van der Waals surface area contributed by atoms with Crippen molar-refractivity contribution in [3.63, 3.8) is 0 Å². The molecular weight excluding hydrogens is 499 g/mol. The summed E-state index contributed by atoms with van der Waals surface area (Å²) >= 11 is 5.70. The van der Waals surface area contributed by atoms with E-state index in [1.807, 2.05) is 13.8 Å². The summed E-state index contributed by atoms with van der Waals surface area (Å²) in [6.45, 7) is 5.76. The minimum absolute atomic E-state index is 0.0274. The van der Waals surface area contributed by atoms with Crippen LogP contribution in [-0.2, 0) is 30.5 Å². The predicted octanol–water partition coefficient (Wildman–Crippen LogP) is 3.85. The molecule has 2 aromatic rings. The Bertz CT molecular complexity index is 1210. The zero-order chi connectivity index (χ0) is 26.8. The van der Waals surface area contributed by atoms with Crippen LogP contribution in [0, 0.1) is 0 Å². The van der Waals surface area contributed by atoms with Gasteiger partial charge in [-0.05, 0) is 51.8 Å². The highest BCUT2D eigenvalue weighted by atomic mass is 35.5. The van der Waals surface area contributed by atoms with Crippen LogP contribution in [0.2, 0.25) is 5.02 Å². The summed E-state index contributed by atoms with van der Waals surface area (Å²) < 4.78 is 41.4. The van der Waals surface area contributed by atoms with E-state index in [-0.39, 0.29) is 49.0 Å². The third-order valence-corrected chi connectivity index (χ3v) is 6.29. The standard InChI is InChI=1S/C24H29ClF3N5O3/c1-13(2)30-23-31-19-12-33(21(35)15-7-8-18(25)17(11-15)24(26,27)28)14(3)10-16(19)22(36)32(23)9-5-6-20(34)29-4/h7-8,11,13-14H,5-6,9-10,12H2,1-4H3,(H,29,34)(H,30,31)/t14-/m1/s1. The lowest BCUT2D eigenvalue weighted by Gasteiger charge is -2.35. The van der Waals surface area contributed by atoms with Crippen molar-refractivity contribution in [2.24, 2.45) is 0 Å². The third kappa shape index (κ3) is 6.00. The summed E-state index contributed by atoms with van der Waals surface area (Å²) in [7, 11) is 1.54. The number of fused-ring (bicyclic) bond motifs is 1. The SMILES string of the molecule is CNC(=O)CCCn1c(NC(C)C)nc2c(c1=O)C[C@@H](C)N(C(=O)c1ccc(Cl)c(C(F)(F)F)c1)C2. The van der Waals surface area contributed by atoms with Gasteiger partial charge in [-0.3, -0.25) is 19.0 Å². The van der Waals surface area contributed by atoms with Crippen molar-refractivity contribution in [1.29, 1.82) is 0 Å². The van der Waals surface area contributed by atoms with E-state index in [4.69, 9.17) is 11.6 Å². The smallest absolute Gasteiger partial charge is 0.359 e. The van der Waals surface area contributed by atoms with Crippen LogP contribution >= 0.6 is 11.6 Å². The van der Waals surface area contributed by atoms with E-state index in [2.05, 4.69) is 15.6 Å². The number of amides is 2. The van der Waals surface area contributed by atoms with Gasteiger partial charge in [-0.25, -0.2) is 4.98 Å². The van der Waals surface area contributed by atoms with Gasteiger partial charge < -0.3 is 15.5 Å². The Morgan fingerprint density at radius 1 is 1.28 bits per heavy atom. The lowest BCUT2D eigenvalue weighted by molar-refractivity contribution is -0.137. The van der Waals surface area contributed by atoms with Gasteiger partial charge >= 0.3 is 6.18 Å². The monoisotopic (exact) mass is 527 g/mol. The second kappa shape index (κ2) is 10.9. The van der Waals surface area contributed by atoms with Crippen LogP contribution in [0.15, 0.2) is 23.0 Å². The molecule has 0 bridgehead atoms. The van der Waals surface area contributed by atoms with Gasteiger partial charge in [0.15, 0.2) is 0 Å². The topological polar surface area (TPSA) is 96.3 Å². The van der Waals surface area contributed by atoms with E-state index < -0.39 is 28.7 Å². The Balaban J connectivity index is 1.95. The van der Waals surface area contributed by atoms with Crippen LogP contribution in [0.5, 0.6) is 0 Å². The van der Waals surface area contributed by atoms with Crippen LogP contribution in [0.4, 0.5) is 19.1 Å². The second-order valence-corrected chi connectivity index (χ2v) is 9.48. The number of aromatic nitrogens is 2. The first-order valence-electron chi connectivity index (χ1n) is 11.6. The van der Waals surface area contributed by atoms with Crippen molar-refractivity contribution < 1.29 is 22.8 Å². The fraction of sp³-hybridized carbons (Fsp3) is 0.500. The molecule has 0 fully saturated rings. The molecule has 0 saturated carbocycles. The number of halogens is 4. The van der Waals surface area contributed by atoms with Gasteiger partial charge in [-0.2, -0.15) is 13.2 Å². The number of nitrogens with one attached hydrogen (secondary N) is 2.